The highest BCUT2D eigenvalue weighted by Gasteiger charge is 2.10. The fraction of sp³-hybridized carbons (Fsp3) is 0.250. The van der Waals surface area contributed by atoms with Gasteiger partial charge in [0.25, 0.3) is 0 Å². The number of nitrogens with one attached hydrogen (secondary N) is 1. The van der Waals surface area contributed by atoms with E-state index in [-0.39, 0.29) is 6.04 Å². The van der Waals surface area contributed by atoms with E-state index in [1.54, 1.807) is 23.7 Å². The first-order chi connectivity index (χ1) is 8.28. The van der Waals surface area contributed by atoms with Crippen molar-refractivity contribution in [3.8, 4) is 0 Å². The van der Waals surface area contributed by atoms with Crippen molar-refractivity contribution in [1.82, 2.24) is 10.4 Å². The minimum absolute atomic E-state index is 0.215. The lowest BCUT2D eigenvalue weighted by Gasteiger charge is -2.14. The Balaban J connectivity index is 1.98. The zero-order valence-electron chi connectivity index (χ0n) is 9.27. The van der Waals surface area contributed by atoms with E-state index in [0.717, 1.165) is 17.2 Å². The predicted octanol–water partition coefficient (Wildman–Crippen LogP) is 2.41. The predicted molar refractivity (Wildman–Crippen MR) is 72.1 cm³/mol. The van der Waals surface area contributed by atoms with Gasteiger partial charge < -0.3 is 0 Å². The maximum absolute atomic E-state index is 5.91. The Bertz CT molecular complexity index is 458. The lowest BCUT2D eigenvalue weighted by Crippen LogP contribution is -2.38. The second kappa shape index (κ2) is 6.12. The molecule has 17 heavy (non-hydrogen) atoms. The molecule has 1 unspecified atom stereocenters. The molecule has 2 rings (SSSR count). The average Bonchev–Trinajstić information content (AvgIpc) is 2.75. The number of hydrazine groups is 1. The number of rotatable bonds is 5. The molecular formula is C12H14ClN3S. The molecule has 0 saturated carbocycles. The standard InChI is InChI=1S/C12H14ClN3S/c13-12-2-1-11(17-12)8-10(16-14)7-9-3-5-15-6-4-9/h1-6,10,16H,7-8,14H2. The Labute approximate surface area is 110 Å². The maximum Gasteiger partial charge on any atom is 0.0931 e. The molecule has 0 aromatic carbocycles. The van der Waals surface area contributed by atoms with Crippen LogP contribution in [0.5, 0.6) is 0 Å². The van der Waals surface area contributed by atoms with E-state index < -0.39 is 0 Å². The van der Waals surface area contributed by atoms with E-state index in [1.807, 2.05) is 24.3 Å². The Morgan fingerprint density at radius 2 is 2.00 bits per heavy atom. The second-order valence-corrected chi connectivity index (χ2v) is 5.63. The zero-order chi connectivity index (χ0) is 12.1. The summed E-state index contributed by atoms with van der Waals surface area (Å²) in [7, 11) is 0. The number of pyridine rings is 1. The van der Waals surface area contributed by atoms with Crippen molar-refractivity contribution in [3.05, 3.63) is 51.4 Å². The van der Waals surface area contributed by atoms with Gasteiger partial charge in [-0.2, -0.15) is 0 Å². The molecule has 2 heterocycles. The Morgan fingerprint density at radius 3 is 2.59 bits per heavy atom. The van der Waals surface area contributed by atoms with Crippen molar-refractivity contribution in [2.45, 2.75) is 18.9 Å². The average molecular weight is 268 g/mol. The third-order valence-electron chi connectivity index (χ3n) is 2.54. The van der Waals surface area contributed by atoms with E-state index >= 15 is 0 Å². The summed E-state index contributed by atoms with van der Waals surface area (Å²) in [5.41, 5.74) is 4.08. The number of aromatic nitrogens is 1. The van der Waals surface area contributed by atoms with Crippen molar-refractivity contribution in [2.75, 3.05) is 0 Å². The smallest absolute Gasteiger partial charge is 0.0931 e. The molecule has 3 nitrogen and oxygen atoms in total. The van der Waals surface area contributed by atoms with Crippen LogP contribution in [0.15, 0.2) is 36.7 Å². The third-order valence-corrected chi connectivity index (χ3v) is 3.80. The molecular weight excluding hydrogens is 254 g/mol. The summed E-state index contributed by atoms with van der Waals surface area (Å²) in [5, 5.41) is 0. The first-order valence-corrected chi connectivity index (χ1v) is 6.56. The lowest BCUT2D eigenvalue weighted by atomic mass is 10.0. The van der Waals surface area contributed by atoms with Crippen LogP contribution in [-0.4, -0.2) is 11.0 Å². The van der Waals surface area contributed by atoms with E-state index in [1.165, 1.54) is 10.4 Å². The summed E-state index contributed by atoms with van der Waals surface area (Å²) in [4.78, 5) is 5.24. The van der Waals surface area contributed by atoms with Crippen LogP contribution in [0.1, 0.15) is 10.4 Å². The summed E-state index contributed by atoms with van der Waals surface area (Å²) in [5.74, 6) is 5.58. The second-order valence-electron chi connectivity index (χ2n) is 3.83. The number of halogens is 1. The van der Waals surface area contributed by atoms with E-state index in [0.29, 0.717) is 0 Å². The van der Waals surface area contributed by atoms with Crippen LogP contribution >= 0.6 is 22.9 Å². The molecule has 0 bridgehead atoms. The van der Waals surface area contributed by atoms with Crippen molar-refractivity contribution >= 4 is 22.9 Å². The topological polar surface area (TPSA) is 50.9 Å². The molecule has 3 N–H and O–H groups in total. The molecule has 0 spiro atoms. The summed E-state index contributed by atoms with van der Waals surface area (Å²) in [6, 6.07) is 8.19. The number of nitrogens with zero attached hydrogens (tertiary/aromatic N) is 1. The van der Waals surface area contributed by atoms with Gasteiger partial charge in [-0.25, -0.2) is 0 Å². The number of nitrogens with two attached hydrogens (primary N) is 1. The van der Waals surface area contributed by atoms with Crippen LogP contribution < -0.4 is 11.3 Å². The summed E-state index contributed by atoms with van der Waals surface area (Å²) < 4.78 is 0.819. The van der Waals surface area contributed by atoms with Gasteiger partial charge in [0.15, 0.2) is 0 Å². The van der Waals surface area contributed by atoms with Crippen molar-refractivity contribution in [2.24, 2.45) is 5.84 Å². The number of hydrogen-bond acceptors (Lipinski definition) is 4. The van der Waals surface area contributed by atoms with Crippen molar-refractivity contribution in [3.63, 3.8) is 0 Å². The fourth-order valence-corrected chi connectivity index (χ4v) is 2.87. The highest BCUT2D eigenvalue weighted by atomic mass is 35.5. The molecule has 0 saturated heterocycles. The van der Waals surface area contributed by atoms with Gasteiger partial charge in [0.2, 0.25) is 0 Å². The molecule has 90 valence electrons. The monoisotopic (exact) mass is 267 g/mol. The van der Waals surface area contributed by atoms with Gasteiger partial charge in [0, 0.05) is 23.3 Å². The SMILES string of the molecule is NNC(Cc1ccncc1)Cc1ccc(Cl)s1. The molecule has 2 aromatic rings. The van der Waals surface area contributed by atoms with Gasteiger partial charge in [-0.3, -0.25) is 16.3 Å². The molecule has 0 radical (unpaired) electrons. The summed E-state index contributed by atoms with van der Waals surface area (Å²) in [6.07, 6.45) is 5.36. The first-order valence-electron chi connectivity index (χ1n) is 5.37. The molecule has 0 aliphatic rings. The third kappa shape index (κ3) is 3.78. The molecule has 5 heteroatoms. The van der Waals surface area contributed by atoms with Crippen LogP contribution in [0.4, 0.5) is 0 Å². The van der Waals surface area contributed by atoms with Crippen molar-refractivity contribution < 1.29 is 0 Å². The fourth-order valence-electron chi connectivity index (χ4n) is 1.70. The first kappa shape index (κ1) is 12.5. The number of thiophene rings is 1. The normalized spacial score (nSPS) is 12.6. The minimum Gasteiger partial charge on any atom is -0.271 e. The van der Waals surface area contributed by atoms with Crippen LogP contribution in [0.2, 0.25) is 4.34 Å². The van der Waals surface area contributed by atoms with Crippen LogP contribution in [-0.2, 0) is 12.8 Å². The minimum atomic E-state index is 0.215. The Kier molecular flexibility index (Phi) is 4.50. The maximum atomic E-state index is 5.91. The highest BCUT2D eigenvalue weighted by Crippen LogP contribution is 2.23. The highest BCUT2D eigenvalue weighted by molar-refractivity contribution is 7.16. The van der Waals surface area contributed by atoms with Gasteiger partial charge >= 0.3 is 0 Å². The van der Waals surface area contributed by atoms with Gasteiger partial charge in [-0.15, -0.1) is 11.3 Å². The molecule has 0 fully saturated rings. The van der Waals surface area contributed by atoms with E-state index in [4.69, 9.17) is 17.4 Å². The zero-order valence-corrected chi connectivity index (χ0v) is 10.8. The molecule has 0 amide bonds. The molecule has 2 aromatic heterocycles. The van der Waals surface area contributed by atoms with Crippen LogP contribution in [0.25, 0.3) is 0 Å². The van der Waals surface area contributed by atoms with Gasteiger partial charge in [0.05, 0.1) is 4.34 Å². The Morgan fingerprint density at radius 1 is 1.24 bits per heavy atom. The largest absolute Gasteiger partial charge is 0.271 e. The van der Waals surface area contributed by atoms with Crippen LogP contribution in [0, 0.1) is 0 Å². The number of hydrogen-bond donors (Lipinski definition) is 2. The van der Waals surface area contributed by atoms with Crippen molar-refractivity contribution in [1.29, 1.82) is 0 Å². The quantitative estimate of drug-likeness (QED) is 0.646. The molecule has 0 aliphatic carbocycles. The van der Waals surface area contributed by atoms with Gasteiger partial charge in [-0.1, -0.05) is 11.6 Å². The lowest BCUT2D eigenvalue weighted by molar-refractivity contribution is 0.525. The van der Waals surface area contributed by atoms with E-state index in [9.17, 15) is 0 Å². The Hall–Kier alpha value is -0.940. The molecule has 1 atom stereocenters. The summed E-state index contributed by atoms with van der Waals surface area (Å²) >= 11 is 7.51. The summed E-state index contributed by atoms with van der Waals surface area (Å²) in [6.45, 7) is 0. The van der Waals surface area contributed by atoms with Gasteiger partial charge in [-0.05, 0) is 42.7 Å². The van der Waals surface area contributed by atoms with Crippen LogP contribution in [0.3, 0.4) is 0 Å². The van der Waals surface area contributed by atoms with Gasteiger partial charge in [0.1, 0.15) is 0 Å². The molecule has 0 aliphatic heterocycles. The van der Waals surface area contributed by atoms with E-state index in [2.05, 4.69) is 10.4 Å².